The highest BCUT2D eigenvalue weighted by molar-refractivity contribution is 5.34. The minimum Gasteiger partial charge on any atom is -0.390 e. The molecule has 4 nitrogen and oxygen atoms in total. The minimum absolute atomic E-state index is 0.0377. The molecule has 0 aromatic carbocycles. The molecule has 1 aromatic rings. The molecule has 2 N–H and O–H groups in total. The SMILES string of the molecule is N#Cc1c(C(F)F)[nH]c(CO)cc1=O. The molecule has 1 rings (SSSR count). The van der Waals surface area contributed by atoms with Crippen LogP contribution in [0.15, 0.2) is 10.9 Å². The molecule has 0 bridgehead atoms. The molecule has 0 amide bonds. The van der Waals surface area contributed by atoms with Crippen LogP contribution in [0.3, 0.4) is 0 Å². The maximum atomic E-state index is 12.3. The van der Waals surface area contributed by atoms with Crippen LogP contribution in [-0.2, 0) is 6.61 Å². The monoisotopic (exact) mass is 200 g/mol. The first kappa shape index (κ1) is 10.3. The number of hydrogen-bond acceptors (Lipinski definition) is 3. The second-order valence-electron chi connectivity index (χ2n) is 2.52. The Morgan fingerprint density at radius 2 is 2.29 bits per heavy atom. The number of nitriles is 1. The van der Waals surface area contributed by atoms with Crippen LogP contribution in [0.25, 0.3) is 0 Å². The zero-order valence-corrected chi connectivity index (χ0v) is 6.92. The Morgan fingerprint density at radius 3 is 2.71 bits per heavy atom. The van der Waals surface area contributed by atoms with Crippen molar-refractivity contribution < 1.29 is 13.9 Å². The molecule has 1 aromatic heterocycles. The lowest BCUT2D eigenvalue weighted by Gasteiger charge is -2.04. The predicted octanol–water partition coefficient (Wildman–Crippen LogP) is 0.676. The number of halogens is 2. The molecule has 0 aliphatic heterocycles. The van der Waals surface area contributed by atoms with Gasteiger partial charge in [0.15, 0.2) is 5.43 Å². The highest BCUT2D eigenvalue weighted by Crippen LogP contribution is 2.18. The highest BCUT2D eigenvalue weighted by Gasteiger charge is 2.17. The van der Waals surface area contributed by atoms with E-state index in [1.807, 2.05) is 0 Å². The zero-order valence-electron chi connectivity index (χ0n) is 6.92. The van der Waals surface area contributed by atoms with Crippen LogP contribution in [0.1, 0.15) is 23.4 Å². The average molecular weight is 200 g/mol. The fourth-order valence-electron chi connectivity index (χ4n) is 0.999. The van der Waals surface area contributed by atoms with Gasteiger partial charge < -0.3 is 10.1 Å². The third-order valence-electron chi connectivity index (χ3n) is 1.62. The largest absolute Gasteiger partial charge is 0.390 e. The summed E-state index contributed by atoms with van der Waals surface area (Å²) >= 11 is 0. The van der Waals surface area contributed by atoms with Crippen molar-refractivity contribution >= 4 is 0 Å². The van der Waals surface area contributed by atoms with Crippen molar-refractivity contribution in [3.63, 3.8) is 0 Å². The van der Waals surface area contributed by atoms with E-state index in [0.717, 1.165) is 6.07 Å². The molecule has 0 unspecified atom stereocenters. The summed E-state index contributed by atoms with van der Waals surface area (Å²) in [6.07, 6.45) is -2.94. The predicted molar refractivity (Wildman–Crippen MR) is 42.7 cm³/mol. The minimum atomic E-state index is -2.94. The van der Waals surface area contributed by atoms with E-state index >= 15 is 0 Å². The fraction of sp³-hybridized carbons (Fsp3) is 0.250. The number of rotatable bonds is 2. The van der Waals surface area contributed by atoms with Gasteiger partial charge in [0.2, 0.25) is 0 Å². The maximum absolute atomic E-state index is 12.3. The van der Waals surface area contributed by atoms with E-state index in [1.165, 1.54) is 6.07 Å². The van der Waals surface area contributed by atoms with Gasteiger partial charge in [0, 0.05) is 11.8 Å². The number of aromatic amines is 1. The van der Waals surface area contributed by atoms with Gasteiger partial charge in [-0.15, -0.1) is 0 Å². The maximum Gasteiger partial charge on any atom is 0.279 e. The van der Waals surface area contributed by atoms with Crippen LogP contribution in [0.5, 0.6) is 0 Å². The Kier molecular flexibility index (Phi) is 2.94. The molecule has 0 saturated carbocycles. The van der Waals surface area contributed by atoms with Gasteiger partial charge in [0.05, 0.1) is 6.61 Å². The number of nitrogens with zero attached hydrogens (tertiary/aromatic N) is 1. The first-order chi connectivity index (χ1) is 6.60. The van der Waals surface area contributed by atoms with E-state index in [-0.39, 0.29) is 5.69 Å². The number of aliphatic hydroxyl groups excluding tert-OH is 1. The van der Waals surface area contributed by atoms with Crippen molar-refractivity contribution in [2.75, 3.05) is 0 Å². The number of H-pyrrole nitrogens is 1. The summed E-state index contributed by atoms with van der Waals surface area (Å²) in [5.41, 5.74) is -2.21. The standard InChI is InChI=1S/C8H6F2N2O2/c9-8(10)7-5(2-11)6(14)1-4(3-13)12-7/h1,8,13H,3H2,(H,12,14). The fourth-order valence-corrected chi connectivity index (χ4v) is 0.999. The van der Waals surface area contributed by atoms with Gasteiger partial charge in [0.25, 0.3) is 6.43 Å². The third-order valence-corrected chi connectivity index (χ3v) is 1.62. The first-order valence-electron chi connectivity index (χ1n) is 3.65. The van der Waals surface area contributed by atoms with Gasteiger partial charge in [0.1, 0.15) is 17.3 Å². The zero-order chi connectivity index (χ0) is 10.7. The topological polar surface area (TPSA) is 76.9 Å². The van der Waals surface area contributed by atoms with Crippen LogP contribution >= 0.6 is 0 Å². The Bertz CT molecular complexity index is 434. The van der Waals surface area contributed by atoms with Gasteiger partial charge in [-0.1, -0.05) is 0 Å². The number of aliphatic hydroxyl groups is 1. The molecule has 74 valence electrons. The number of hydrogen-bond donors (Lipinski definition) is 2. The van der Waals surface area contributed by atoms with Gasteiger partial charge in [-0.05, 0) is 0 Å². The highest BCUT2D eigenvalue weighted by atomic mass is 19.3. The number of nitrogens with one attached hydrogen (secondary N) is 1. The van der Waals surface area contributed by atoms with Gasteiger partial charge in [-0.25, -0.2) is 8.78 Å². The van der Waals surface area contributed by atoms with Crippen molar-refractivity contribution in [2.24, 2.45) is 0 Å². The Hall–Kier alpha value is -1.74. The van der Waals surface area contributed by atoms with Crippen molar-refractivity contribution in [3.8, 4) is 6.07 Å². The Balaban J connectivity index is 3.46. The van der Waals surface area contributed by atoms with Crippen LogP contribution in [0.4, 0.5) is 8.78 Å². The lowest BCUT2D eigenvalue weighted by molar-refractivity contribution is 0.144. The Labute approximate surface area is 77.4 Å². The number of pyridine rings is 1. The number of aromatic nitrogens is 1. The second kappa shape index (κ2) is 3.98. The normalized spacial score (nSPS) is 10.2. The van der Waals surface area contributed by atoms with Crippen molar-refractivity contribution in [3.05, 3.63) is 33.2 Å². The molecule has 0 radical (unpaired) electrons. The molecule has 0 aliphatic rings. The molecule has 0 fully saturated rings. The molecule has 6 heteroatoms. The molecular formula is C8H6F2N2O2. The van der Waals surface area contributed by atoms with E-state index in [9.17, 15) is 13.6 Å². The molecule has 0 saturated heterocycles. The lowest BCUT2D eigenvalue weighted by atomic mass is 10.2. The summed E-state index contributed by atoms with van der Waals surface area (Å²) in [6.45, 7) is -0.555. The summed E-state index contributed by atoms with van der Waals surface area (Å²) in [5, 5.41) is 17.1. The smallest absolute Gasteiger partial charge is 0.279 e. The summed E-state index contributed by atoms with van der Waals surface area (Å²) in [6, 6.07) is 2.31. The van der Waals surface area contributed by atoms with E-state index in [0.29, 0.717) is 0 Å². The summed E-state index contributed by atoms with van der Waals surface area (Å²) < 4.78 is 24.6. The molecule has 0 atom stereocenters. The summed E-state index contributed by atoms with van der Waals surface area (Å²) in [7, 11) is 0. The second-order valence-corrected chi connectivity index (χ2v) is 2.52. The van der Waals surface area contributed by atoms with Gasteiger partial charge in [-0.2, -0.15) is 5.26 Å². The van der Waals surface area contributed by atoms with Crippen LogP contribution < -0.4 is 5.43 Å². The lowest BCUT2D eigenvalue weighted by Crippen LogP contribution is -2.13. The first-order valence-corrected chi connectivity index (χ1v) is 3.65. The summed E-state index contributed by atoms with van der Waals surface area (Å²) in [5.74, 6) is 0. The van der Waals surface area contributed by atoms with E-state index in [2.05, 4.69) is 4.98 Å². The molecule has 0 aliphatic carbocycles. The molecule has 1 heterocycles. The van der Waals surface area contributed by atoms with Crippen LogP contribution in [-0.4, -0.2) is 10.1 Å². The Morgan fingerprint density at radius 1 is 1.64 bits per heavy atom. The number of alkyl halides is 2. The van der Waals surface area contributed by atoms with Crippen molar-refractivity contribution in [1.29, 1.82) is 5.26 Å². The molecular weight excluding hydrogens is 194 g/mol. The quantitative estimate of drug-likeness (QED) is 0.736. The molecule has 14 heavy (non-hydrogen) atoms. The van der Waals surface area contributed by atoms with Gasteiger partial charge in [-0.3, -0.25) is 4.79 Å². The third kappa shape index (κ3) is 1.78. The van der Waals surface area contributed by atoms with E-state index in [1.54, 1.807) is 0 Å². The molecule has 0 spiro atoms. The van der Waals surface area contributed by atoms with E-state index in [4.69, 9.17) is 10.4 Å². The van der Waals surface area contributed by atoms with Crippen LogP contribution in [0.2, 0.25) is 0 Å². The van der Waals surface area contributed by atoms with Gasteiger partial charge >= 0.3 is 0 Å². The van der Waals surface area contributed by atoms with Crippen molar-refractivity contribution in [1.82, 2.24) is 4.98 Å². The van der Waals surface area contributed by atoms with Crippen molar-refractivity contribution in [2.45, 2.75) is 13.0 Å². The average Bonchev–Trinajstić information content (AvgIpc) is 2.16. The summed E-state index contributed by atoms with van der Waals surface area (Å²) in [4.78, 5) is 13.2. The van der Waals surface area contributed by atoms with E-state index < -0.39 is 29.7 Å². The van der Waals surface area contributed by atoms with Crippen LogP contribution in [0, 0.1) is 11.3 Å².